The van der Waals surface area contributed by atoms with E-state index in [1.807, 2.05) is 0 Å². The first-order valence-electron chi connectivity index (χ1n) is 10.3. The molecule has 3 aromatic rings. The SMILES string of the molecule is Cc1cccc(C)c1CC1=Cc2c(cccc2-c2ccc(C(C)(C)C)cc2)C1. The van der Waals surface area contributed by atoms with E-state index in [4.69, 9.17) is 0 Å². The summed E-state index contributed by atoms with van der Waals surface area (Å²) < 4.78 is 0. The third kappa shape index (κ3) is 3.56. The van der Waals surface area contributed by atoms with E-state index in [0.717, 1.165) is 12.8 Å². The quantitative estimate of drug-likeness (QED) is 0.451. The van der Waals surface area contributed by atoms with Gasteiger partial charge in [0, 0.05) is 0 Å². The maximum atomic E-state index is 2.44. The summed E-state index contributed by atoms with van der Waals surface area (Å²) in [5.74, 6) is 0. The zero-order chi connectivity index (χ0) is 19.9. The lowest BCUT2D eigenvalue weighted by Crippen LogP contribution is -2.10. The molecule has 0 bridgehead atoms. The second-order valence-electron chi connectivity index (χ2n) is 9.23. The highest BCUT2D eigenvalue weighted by molar-refractivity contribution is 5.81. The fourth-order valence-corrected chi connectivity index (χ4v) is 4.31. The molecule has 0 saturated heterocycles. The van der Waals surface area contributed by atoms with Crippen molar-refractivity contribution in [3.8, 4) is 11.1 Å². The first-order chi connectivity index (χ1) is 13.3. The lowest BCUT2D eigenvalue weighted by atomic mass is 9.86. The Hall–Kier alpha value is -2.60. The lowest BCUT2D eigenvalue weighted by molar-refractivity contribution is 0.590. The molecule has 1 aliphatic carbocycles. The highest BCUT2D eigenvalue weighted by Crippen LogP contribution is 2.36. The van der Waals surface area contributed by atoms with E-state index in [0.29, 0.717) is 0 Å². The molecule has 0 fully saturated rings. The Kier molecular flexibility index (Phi) is 4.75. The van der Waals surface area contributed by atoms with Crippen molar-refractivity contribution in [1.29, 1.82) is 0 Å². The number of allylic oxidation sites excluding steroid dienone is 1. The van der Waals surface area contributed by atoms with E-state index in [9.17, 15) is 0 Å². The summed E-state index contributed by atoms with van der Waals surface area (Å²) >= 11 is 0. The van der Waals surface area contributed by atoms with Gasteiger partial charge in [-0.15, -0.1) is 0 Å². The van der Waals surface area contributed by atoms with Gasteiger partial charge in [0.1, 0.15) is 0 Å². The van der Waals surface area contributed by atoms with Crippen LogP contribution in [0.25, 0.3) is 17.2 Å². The third-order valence-electron chi connectivity index (χ3n) is 6.07. The number of hydrogen-bond donors (Lipinski definition) is 0. The fourth-order valence-electron chi connectivity index (χ4n) is 4.31. The molecule has 0 unspecified atom stereocenters. The van der Waals surface area contributed by atoms with Crippen LogP contribution in [0.4, 0.5) is 0 Å². The van der Waals surface area contributed by atoms with Crippen LogP contribution in [0.1, 0.15) is 54.2 Å². The number of rotatable bonds is 3. The molecule has 3 aromatic carbocycles. The van der Waals surface area contributed by atoms with Crippen molar-refractivity contribution < 1.29 is 0 Å². The largest absolute Gasteiger partial charge is 0.0617 e. The van der Waals surface area contributed by atoms with Crippen molar-refractivity contribution >= 4 is 6.08 Å². The van der Waals surface area contributed by atoms with Crippen molar-refractivity contribution in [2.75, 3.05) is 0 Å². The predicted octanol–water partition coefficient (Wildman–Crippen LogP) is 7.45. The fraction of sp³-hybridized carbons (Fsp3) is 0.286. The van der Waals surface area contributed by atoms with Gasteiger partial charge in [0.15, 0.2) is 0 Å². The summed E-state index contributed by atoms with van der Waals surface area (Å²) in [4.78, 5) is 0. The molecular weight excluding hydrogens is 336 g/mol. The minimum atomic E-state index is 0.190. The average Bonchev–Trinajstić information content (AvgIpc) is 3.07. The maximum absolute atomic E-state index is 2.44. The summed E-state index contributed by atoms with van der Waals surface area (Å²) in [5.41, 5.74) is 12.9. The minimum Gasteiger partial charge on any atom is -0.0617 e. The standard InChI is InChI=1S/C28H30/c1-19-8-6-9-20(2)26(19)17-21-16-23-10-7-11-25(27(23)18-21)22-12-14-24(15-13-22)28(3,4)5/h6-15,18H,16-17H2,1-5H3. The molecule has 0 saturated carbocycles. The zero-order valence-corrected chi connectivity index (χ0v) is 17.8. The van der Waals surface area contributed by atoms with Crippen LogP contribution in [0.5, 0.6) is 0 Å². The van der Waals surface area contributed by atoms with Crippen molar-refractivity contribution in [3.05, 3.63) is 99.6 Å². The molecule has 0 aliphatic heterocycles. The van der Waals surface area contributed by atoms with E-state index in [-0.39, 0.29) is 5.41 Å². The van der Waals surface area contributed by atoms with Crippen LogP contribution in [0, 0.1) is 13.8 Å². The van der Waals surface area contributed by atoms with Crippen molar-refractivity contribution in [2.24, 2.45) is 0 Å². The van der Waals surface area contributed by atoms with Crippen molar-refractivity contribution in [1.82, 2.24) is 0 Å². The zero-order valence-electron chi connectivity index (χ0n) is 17.8. The van der Waals surface area contributed by atoms with Crippen LogP contribution in [-0.2, 0) is 18.3 Å². The molecule has 0 aromatic heterocycles. The van der Waals surface area contributed by atoms with E-state index >= 15 is 0 Å². The van der Waals surface area contributed by atoms with Gasteiger partial charge in [-0.2, -0.15) is 0 Å². The van der Waals surface area contributed by atoms with Gasteiger partial charge in [-0.3, -0.25) is 0 Å². The highest BCUT2D eigenvalue weighted by Gasteiger charge is 2.19. The summed E-state index contributed by atoms with van der Waals surface area (Å²) in [5, 5.41) is 0. The van der Waals surface area contributed by atoms with Gasteiger partial charge in [-0.1, -0.05) is 93.1 Å². The first kappa shape index (κ1) is 18.7. The van der Waals surface area contributed by atoms with Crippen molar-refractivity contribution in [2.45, 2.75) is 52.9 Å². The first-order valence-corrected chi connectivity index (χ1v) is 10.3. The molecule has 28 heavy (non-hydrogen) atoms. The highest BCUT2D eigenvalue weighted by atomic mass is 14.2. The van der Waals surface area contributed by atoms with Crippen LogP contribution in [0.3, 0.4) is 0 Å². The van der Waals surface area contributed by atoms with E-state index in [1.165, 1.54) is 50.1 Å². The third-order valence-corrected chi connectivity index (χ3v) is 6.07. The monoisotopic (exact) mass is 366 g/mol. The number of aryl methyl sites for hydroxylation is 2. The van der Waals surface area contributed by atoms with E-state index in [2.05, 4.69) is 101 Å². The lowest BCUT2D eigenvalue weighted by Gasteiger charge is -2.19. The summed E-state index contributed by atoms with van der Waals surface area (Å²) in [7, 11) is 0. The van der Waals surface area contributed by atoms with Crippen LogP contribution in [0.2, 0.25) is 0 Å². The second-order valence-corrected chi connectivity index (χ2v) is 9.23. The Bertz CT molecular complexity index is 1020. The van der Waals surface area contributed by atoms with Crippen LogP contribution in [-0.4, -0.2) is 0 Å². The van der Waals surface area contributed by atoms with E-state index < -0.39 is 0 Å². The predicted molar refractivity (Wildman–Crippen MR) is 122 cm³/mol. The Labute approximate surface area is 169 Å². The molecule has 0 nitrogen and oxygen atoms in total. The summed E-state index contributed by atoms with van der Waals surface area (Å²) in [6, 6.07) is 22.5. The molecule has 0 heterocycles. The van der Waals surface area contributed by atoms with Gasteiger partial charge in [0.05, 0.1) is 0 Å². The van der Waals surface area contributed by atoms with Crippen LogP contribution in [0.15, 0.2) is 66.2 Å². The smallest absolute Gasteiger partial charge is 0.00543 e. The number of fused-ring (bicyclic) bond motifs is 1. The van der Waals surface area contributed by atoms with Gasteiger partial charge in [0.2, 0.25) is 0 Å². The molecule has 4 rings (SSSR count). The number of benzene rings is 3. The maximum Gasteiger partial charge on any atom is -0.00543 e. The normalized spacial score (nSPS) is 13.4. The summed E-state index contributed by atoms with van der Waals surface area (Å²) in [6.45, 7) is 11.3. The summed E-state index contributed by atoms with van der Waals surface area (Å²) in [6.07, 6.45) is 4.56. The van der Waals surface area contributed by atoms with Crippen LogP contribution >= 0.6 is 0 Å². The van der Waals surface area contributed by atoms with Gasteiger partial charge >= 0.3 is 0 Å². The molecule has 0 N–H and O–H groups in total. The van der Waals surface area contributed by atoms with Gasteiger partial charge in [-0.05, 0) is 76.6 Å². The second kappa shape index (κ2) is 7.09. The molecule has 0 amide bonds. The Morgan fingerprint density at radius 2 is 1.43 bits per heavy atom. The molecule has 0 spiro atoms. The topological polar surface area (TPSA) is 0 Å². The Morgan fingerprint density at radius 3 is 2.07 bits per heavy atom. The molecule has 0 radical (unpaired) electrons. The average molecular weight is 367 g/mol. The van der Waals surface area contributed by atoms with Crippen molar-refractivity contribution in [3.63, 3.8) is 0 Å². The van der Waals surface area contributed by atoms with Crippen LogP contribution < -0.4 is 0 Å². The molecular formula is C28H30. The number of hydrogen-bond acceptors (Lipinski definition) is 0. The Morgan fingerprint density at radius 1 is 0.786 bits per heavy atom. The van der Waals surface area contributed by atoms with Gasteiger partial charge in [0.25, 0.3) is 0 Å². The molecule has 142 valence electrons. The minimum absolute atomic E-state index is 0.190. The van der Waals surface area contributed by atoms with Gasteiger partial charge < -0.3 is 0 Å². The molecule has 1 aliphatic rings. The molecule has 0 atom stereocenters. The van der Waals surface area contributed by atoms with Gasteiger partial charge in [-0.25, -0.2) is 0 Å². The molecule has 0 heteroatoms. The Balaban J connectivity index is 1.67. The van der Waals surface area contributed by atoms with E-state index in [1.54, 1.807) is 0 Å².